The standard InChI is InChI=1S/C21H28BrN5.2ClH/c1-2-7-25-9-11-27(12-10-25)21-23-14-18-16-26(8-6-20(18)24-21)15-17-4-3-5-19(22)13-17;;/h3-5,13-14H,2,6-12,15-16H2,1H3;2*1H. The number of fused-ring (bicyclic) bond motifs is 1. The maximum Gasteiger partial charge on any atom is 0.225 e. The number of halogens is 3. The Morgan fingerprint density at radius 1 is 1.03 bits per heavy atom. The van der Waals surface area contributed by atoms with E-state index < -0.39 is 0 Å². The number of aromatic nitrogens is 2. The van der Waals surface area contributed by atoms with Crippen molar-refractivity contribution in [3.8, 4) is 0 Å². The zero-order valence-electron chi connectivity index (χ0n) is 16.9. The Morgan fingerprint density at radius 3 is 2.55 bits per heavy atom. The second-order valence-corrected chi connectivity index (χ2v) is 8.48. The lowest BCUT2D eigenvalue weighted by Crippen LogP contribution is -2.47. The summed E-state index contributed by atoms with van der Waals surface area (Å²) in [6.07, 6.45) is 4.30. The van der Waals surface area contributed by atoms with Gasteiger partial charge in [0.15, 0.2) is 0 Å². The van der Waals surface area contributed by atoms with Gasteiger partial charge in [-0.25, -0.2) is 9.97 Å². The molecule has 4 rings (SSSR count). The molecule has 2 aromatic rings. The molecule has 1 aromatic heterocycles. The topological polar surface area (TPSA) is 35.5 Å². The van der Waals surface area contributed by atoms with Crippen LogP contribution in [-0.4, -0.2) is 59.0 Å². The number of benzene rings is 1. The molecular formula is C21H30BrCl2N5. The van der Waals surface area contributed by atoms with Crippen LogP contribution in [0.4, 0.5) is 5.95 Å². The summed E-state index contributed by atoms with van der Waals surface area (Å²) in [6, 6.07) is 8.57. The molecule has 0 unspecified atom stereocenters. The first-order chi connectivity index (χ1) is 13.2. The largest absolute Gasteiger partial charge is 0.338 e. The van der Waals surface area contributed by atoms with Crippen LogP contribution in [0.5, 0.6) is 0 Å². The van der Waals surface area contributed by atoms with E-state index >= 15 is 0 Å². The van der Waals surface area contributed by atoms with Gasteiger partial charge >= 0.3 is 0 Å². The lowest BCUT2D eigenvalue weighted by Gasteiger charge is -2.35. The maximum atomic E-state index is 4.93. The maximum absolute atomic E-state index is 4.93. The van der Waals surface area contributed by atoms with Gasteiger partial charge < -0.3 is 4.90 Å². The Labute approximate surface area is 194 Å². The molecule has 2 aliphatic rings. The van der Waals surface area contributed by atoms with Crippen molar-refractivity contribution in [2.75, 3.05) is 44.2 Å². The molecule has 0 radical (unpaired) electrons. The lowest BCUT2D eigenvalue weighted by molar-refractivity contribution is 0.242. The van der Waals surface area contributed by atoms with E-state index in [4.69, 9.17) is 9.97 Å². The number of anilines is 1. The van der Waals surface area contributed by atoms with Crippen LogP contribution < -0.4 is 4.90 Å². The van der Waals surface area contributed by atoms with Crippen LogP contribution in [-0.2, 0) is 19.5 Å². The van der Waals surface area contributed by atoms with Crippen LogP contribution >= 0.6 is 40.7 Å². The summed E-state index contributed by atoms with van der Waals surface area (Å²) in [5.74, 6) is 0.922. The minimum Gasteiger partial charge on any atom is -0.338 e. The summed E-state index contributed by atoms with van der Waals surface area (Å²) in [5, 5.41) is 0. The van der Waals surface area contributed by atoms with Gasteiger partial charge in [0.2, 0.25) is 5.95 Å². The summed E-state index contributed by atoms with van der Waals surface area (Å²) in [5.41, 5.74) is 3.86. The third-order valence-electron chi connectivity index (χ3n) is 5.49. The van der Waals surface area contributed by atoms with Crippen LogP contribution in [0.1, 0.15) is 30.2 Å². The molecule has 8 heteroatoms. The second-order valence-electron chi connectivity index (χ2n) is 7.56. The molecular weight excluding hydrogens is 473 g/mol. The highest BCUT2D eigenvalue weighted by atomic mass is 79.9. The average Bonchev–Trinajstić information content (AvgIpc) is 2.68. The quantitative estimate of drug-likeness (QED) is 0.613. The number of nitrogens with zero attached hydrogens (tertiary/aromatic N) is 5. The van der Waals surface area contributed by atoms with Crippen molar-refractivity contribution < 1.29 is 0 Å². The fourth-order valence-electron chi connectivity index (χ4n) is 4.03. The van der Waals surface area contributed by atoms with Crippen molar-refractivity contribution in [2.24, 2.45) is 0 Å². The van der Waals surface area contributed by atoms with E-state index in [1.54, 1.807) is 0 Å². The minimum atomic E-state index is 0. The molecule has 0 saturated carbocycles. The van der Waals surface area contributed by atoms with Gasteiger partial charge in [0.25, 0.3) is 0 Å². The lowest BCUT2D eigenvalue weighted by atomic mass is 10.1. The normalized spacial score (nSPS) is 17.2. The monoisotopic (exact) mass is 501 g/mol. The molecule has 0 aliphatic carbocycles. The molecule has 3 heterocycles. The molecule has 0 spiro atoms. The Bertz CT molecular complexity index is 783. The molecule has 1 saturated heterocycles. The molecule has 0 N–H and O–H groups in total. The molecule has 2 aliphatic heterocycles. The van der Waals surface area contributed by atoms with Crippen molar-refractivity contribution in [1.29, 1.82) is 0 Å². The summed E-state index contributed by atoms with van der Waals surface area (Å²) >= 11 is 3.56. The van der Waals surface area contributed by atoms with E-state index in [-0.39, 0.29) is 24.8 Å². The van der Waals surface area contributed by atoms with Gasteiger partial charge in [0.05, 0.1) is 5.69 Å². The molecule has 29 heavy (non-hydrogen) atoms. The van der Waals surface area contributed by atoms with Gasteiger partial charge in [-0.1, -0.05) is 35.0 Å². The Balaban J connectivity index is 0.00000150. The van der Waals surface area contributed by atoms with Gasteiger partial charge in [0, 0.05) is 68.5 Å². The highest BCUT2D eigenvalue weighted by Gasteiger charge is 2.22. The molecule has 0 bridgehead atoms. The van der Waals surface area contributed by atoms with Gasteiger partial charge in [-0.2, -0.15) is 0 Å². The van der Waals surface area contributed by atoms with Crippen LogP contribution in [0.25, 0.3) is 0 Å². The van der Waals surface area contributed by atoms with Gasteiger partial charge in [-0.3, -0.25) is 9.80 Å². The summed E-state index contributed by atoms with van der Waals surface area (Å²) in [4.78, 5) is 17.0. The predicted octanol–water partition coefficient (Wildman–Crippen LogP) is 4.17. The van der Waals surface area contributed by atoms with Crippen LogP contribution in [0.3, 0.4) is 0 Å². The van der Waals surface area contributed by atoms with Crippen LogP contribution in [0, 0.1) is 0 Å². The number of rotatable bonds is 5. The van der Waals surface area contributed by atoms with Crippen molar-refractivity contribution in [2.45, 2.75) is 32.9 Å². The van der Waals surface area contributed by atoms with E-state index in [0.29, 0.717) is 0 Å². The zero-order chi connectivity index (χ0) is 18.6. The van der Waals surface area contributed by atoms with E-state index in [2.05, 4.69) is 68.0 Å². The Hall–Kier alpha value is -0.920. The Kier molecular flexibility index (Phi) is 9.63. The summed E-state index contributed by atoms with van der Waals surface area (Å²) in [6.45, 7) is 10.7. The molecule has 5 nitrogen and oxygen atoms in total. The van der Waals surface area contributed by atoms with E-state index in [0.717, 1.165) is 62.7 Å². The molecule has 160 valence electrons. The average molecular weight is 503 g/mol. The van der Waals surface area contributed by atoms with Crippen molar-refractivity contribution in [1.82, 2.24) is 19.8 Å². The van der Waals surface area contributed by atoms with Gasteiger partial charge in [-0.15, -0.1) is 24.8 Å². The first-order valence-corrected chi connectivity index (χ1v) is 10.8. The summed E-state index contributed by atoms with van der Waals surface area (Å²) in [7, 11) is 0. The van der Waals surface area contributed by atoms with E-state index in [9.17, 15) is 0 Å². The van der Waals surface area contributed by atoms with Gasteiger partial charge in [-0.05, 0) is 30.7 Å². The third kappa shape index (κ3) is 6.28. The highest BCUT2D eigenvalue weighted by molar-refractivity contribution is 9.10. The highest BCUT2D eigenvalue weighted by Crippen LogP contribution is 2.22. The molecule has 1 aromatic carbocycles. The van der Waals surface area contributed by atoms with E-state index in [1.165, 1.54) is 29.8 Å². The smallest absolute Gasteiger partial charge is 0.225 e. The molecule has 0 atom stereocenters. The second kappa shape index (κ2) is 11.5. The SMILES string of the molecule is CCCN1CCN(c2ncc3c(n2)CCN(Cc2cccc(Br)c2)C3)CC1.Cl.Cl. The predicted molar refractivity (Wildman–Crippen MR) is 127 cm³/mol. The first-order valence-electron chi connectivity index (χ1n) is 10.00. The number of hydrogen-bond acceptors (Lipinski definition) is 5. The summed E-state index contributed by atoms with van der Waals surface area (Å²) < 4.78 is 1.14. The van der Waals surface area contributed by atoms with Crippen LogP contribution in [0.15, 0.2) is 34.9 Å². The van der Waals surface area contributed by atoms with Crippen molar-refractivity contribution >= 4 is 46.7 Å². The molecule has 0 amide bonds. The molecule has 1 fully saturated rings. The minimum absolute atomic E-state index is 0. The van der Waals surface area contributed by atoms with Crippen LogP contribution in [0.2, 0.25) is 0 Å². The fraction of sp³-hybridized carbons (Fsp3) is 0.524. The zero-order valence-corrected chi connectivity index (χ0v) is 20.1. The number of piperazine rings is 1. The van der Waals surface area contributed by atoms with Gasteiger partial charge in [0.1, 0.15) is 0 Å². The first kappa shape index (κ1) is 24.4. The third-order valence-corrected chi connectivity index (χ3v) is 5.98. The Morgan fingerprint density at radius 2 is 1.83 bits per heavy atom. The van der Waals surface area contributed by atoms with E-state index in [1.807, 2.05) is 0 Å². The van der Waals surface area contributed by atoms with Crippen molar-refractivity contribution in [3.05, 3.63) is 51.8 Å². The number of hydrogen-bond donors (Lipinski definition) is 0. The fourth-order valence-corrected chi connectivity index (χ4v) is 4.48. The van der Waals surface area contributed by atoms with Crippen molar-refractivity contribution in [3.63, 3.8) is 0 Å².